The van der Waals surface area contributed by atoms with Gasteiger partial charge in [0.1, 0.15) is 16.9 Å². The normalized spacial score (nSPS) is 10.8. The highest BCUT2D eigenvalue weighted by Gasteiger charge is 2.26. The summed E-state index contributed by atoms with van der Waals surface area (Å²) in [5, 5.41) is 18.9. The Balaban J connectivity index is 2.38. The van der Waals surface area contributed by atoms with E-state index in [1.807, 2.05) is 0 Å². The van der Waals surface area contributed by atoms with Crippen LogP contribution >= 0.6 is 0 Å². The Morgan fingerprint density at radius 3 is 2.46 bits per heavy atom. The summed E-state index contributed by atoms with van der Waals surface area (Å²) in [5.41, 5.74) is 4.38. The number of hydrogen-bond acceptors (Lipinski definition) is 5. The van der Waals surface area contributed by atoms with E-state index >= 15 is 0 Å². The number of pyridine rings is 1. The third-order valence-electron chi connectivity index (χ3n) is 4.30. The summed E-state index contributed by atoms with van der Waals surface area (Å²) in [6, 6.07) is 6.59. The standard InChI is InChI=1S/C20H24N2O6/c1-2-3-4-5-9-28-11-12-7-6-8-13(10-12)14-15(19(24)25)17(21)22-18(23)16(14)20(26)27/h6-8,10H,2-5,9,11H2,1H3,(H,24,25)(H,26,27)(H3,21,22,23). The lowest BCUT2D eigenvalue weighted by atomic mass is 9.94. The Morgan fingerprint density at radius 1 is 1.11 bits per heavy atom. The lowest BCUT2D eigenvalue weighted by molar-refractivity contribution is 0.0695. The van der Waals surface area contributed by atoms with E-state index in [-0.39, 0.29) is 11.1 Å². The van der Waals surface area contributed by atoms with Crippen LogP contribution in [0.15, 0.2) is 29.1 Å². The highest BCUT2D eigenvalue weighted by molar-refractivity contribution is 6.07. The van der Waals surface area contributed by atoms with Crippen molar-refractivity contribution in [3.63, 3.8) is 0 Å². The number of benzene rings is 1. The Hall–Kier alpha value is -3.13. The summed E-state index contributed by atoms with van der Waals surface area (Å²) in [7, 11) is 0. The Morgan fingerprint density at radius 2 is 1.82 bits per heavy atom. The molecule has 1 heterocycles. The van der Waals surface area contributed by atoms with Crippen LogP contribution in [0.2, 0.25) is 0 Å². The maximum Gasteiger partial charge on any atom is 0.342 e. The number of aromatic carboxylic acids is 2. The van der Waals surface area contributed by atoms with E-state index in [0.29, 0.717) is 13.2 Å². The number of unbranched alkanes of at least 4 members (excludes halogenated alkanes) is 3. The fourth-order valence-electron chi connectivity index (χ4n) is 2.97. The number of rotatable bonds is 10. The van der Waals surface area contributed by atoms with Crippen LogP contribution < -0.4 is 11.3 Å². The number of aromatic nitrogens is 1. The van der Waals surface area contributed by atoms with Gasteiger partial charge < -0.3 is 25.7 Å². The van der Waals surface area contributed by atoms with Crippen LogP contribution in [0.3, 0.4) is 0 Å². The third kappa shape index (κ3) is 4.98. The first-order valence-corrected chi connectivity index (χ1v) is 9.06. The van der Waals surface area contributed by atoms with Crippen molar-refractivity contribution in [2.45, 2.75) is 39.2 Å². The first-order chi connectivity index (χ1) is 13.4. The monoisotopic (exact) mass is 388 g/mol. The highest BCUT2D eigenvalue weighted by Crippen LogP contribution is 2.29. The Bertz CT molecular complexity index is 919. The summed E-state index contributed by atoms with van der Waals surface area (Å²) >= 11 is 0. The van der Waals surface area contributed by atoms with Crippen molar-refractivity contribution in [1.29, 1.82) is 0 Å². The van der Waals surface area contributed by atoms with Gasteiger partial charge in [0.25, 0.3) is 5.56 Å². The number of nitrogens with two attached hydrogens (primary N) is 1. The molecule has 150 valence electrons. The first kappa shape index (κ1) is 21.2. The van der Waals surface area contributed by atoms with Gasteiger partial charge in [-0.25, -0.2) is 9.59 Å². The van der Waals surface area contributed by atoms with Crippen molar-refractivity contribution in [2.75, 3.05) is 12.3 Å². The number of nitrogens with one attached hydrogen (secondary N) is 1. The molecule has 2 rings (SSSR count). The van der Waals surface area contributed by atoms with Gasteiger partial charge in [0.15, 0.2) is 0 Å². The van der Waals surface area contributed by atoms with Crippen LogP contribution in [-0.4, -0.2) is 33.7 Å². The number of carboxylic acid groups (broad SMARTS) is 2. The van der Waals surface area contributed by atoms with Gasteiger partial charge in [-0.15, -0.1) is 0 Å². The van der Waals surface area contributed by atoms with Gasteiger partial charge >= 0.3 is 11.9 Å². The van der Waals surface area contributed by atoms with Gasteiger partial charge in [-0.05, 0) is 23.6 Å². The second-order valence-corrected chi connectivity index (χ2v) is 6.42. The minimum atomic E-state index is -1.53. The molecular formula is C20H24N2O6. The quantitative estimate of drug-likeness (QED) is 0.458. The van der Waals surface area contributed by atoms with Crippen LogP contribution in [0.25, 0.3) is 11.1 Å². The fourth-order valence-corrected chi connectivity index (χ4v) is 2.97. The number of nitrogen functional groups attached to an aromatic ring is 1. The first-order valence-electron chi connectivity index (χ1n) is 9.06. The predicted octanol–water partition coefficient (Wildman–Crippen LogP) is 3.12. The van der Waals surface area contributed by atoms with E-state index < -0.39 is 34.4 Å². The zero-order chi connectivity index (χ0) is 20.7. The molecule has 0 radical (unpaired) electrons. The number of anilines is 1. The van der Waals surface area contributed by atoms with Gasteiger partial charge in [-0.3, -0.25) is 4.79 Å². The number of ether oxygens (including phenoxy) is 1. The maximum atomic E-state index is 12.1. The molecule has 1 aromatic heterocycles. The number of carboxylic acids is 2. The SMILES string of the molecule is CCCCCCOCc1cccc(-c2c(C(=O)O)c(N)[nH]c(=O)c2C(=O)O)c1. The predicted molar refractivity (Wildman–Crippen MR) is 105 cm³/mol. The number of carbonyl (C=O) groups is 2. The molecule has 0 aliphatic carbocycles. The molecule has 0 unspecified atom stereocenters. The average Bonchev–Trinajstić information content (AvgIpc) is 2.63. The van der Waals surface area contributed by atoms with E-state index in [1.54, 1.807) is 18.2 Å². The molecule has 8 nitrogen and oxygen atoms in total. The second-order valence-electron chi connectivity index (χ2n) is 6.42. The number of H-pyrrole nitrogens is 1. The third-order valence-corrected chi connectivity index (χ3v) is 4.30. The average molecular weight is 388 g/mol. The highest BCUT2D eigenvalue weighted by atomic mass is 16.5. The molecule has 0 bridgehead atoms. The zero-order valence-electron chi connectivity index (χ0n) is 15.7. The van der Waals surface area contributed by atoms with Crippen molar-refractivity contribution >= 4 is 17.8 Å². The molecule has 0 amide bonds. The summed E-state index contributed by atoms with van der Waals surface area (Å²) in [5.74, 6) is -3.35. The molecule has 0 atom stereocenters. The second kappa shape index (κ2) is 9.70. The number of aromatic amines is 1. The topological polar surface area (TPSA) is 143 Å². The van der Waals surface area contributed by atoms with E-state index in [4.69, 9.17) is 10.5 Å². The van der Waals surface area contributed by atoms with E-state index in [1.165, 1.54) is 6.07 Å². The molecular weight excluding hydrogens is 364 g/mol. The van der Waals surface area contributed by atoms with Crippen molar-refractivity contribution in [3.05, 3.63) is 51.3 Å². The number of hydrogen-bond donors (Lipinski definition) is 4. The van der Waals surface area contributed by atoms with E-state index in [9.17, 15) is 24.6 Å². The van der Waals surface area contributed by atoms with Gasteiger partial charge in [-0.1, -0.05) is 44.4 Å². The van der Waals surface area contributed by atoms with Gasteiger partial charge in [0.2, 0.25) is 0 Å². The molecule has 2 aromatic rings. The van der Waals surface area contributed by atoms with Gasteiger partial charge in [-0.2, -0.15) is 0 Å². The van der Waals surface area contributed by atoms with Crippen LogP contribution in [-0.2, 0) is 11.3 Å². The lowest BCUT2D eigenvalue weighted by Crippen LogP contribution is -2.24. The summed E-state index contributed by atoms with van der Waals surface area (Å²) < 4.78 is 5.63. The van der Waals surface area contributed by atoms with Crippen LogP contribution in [0.5, 0.6) is 0 Å². The smallest absolute Gasteiger partial charge is 0.342 e. The van der Waals surface area contributed by atoms with Gasteiger partial charge in [0.05, 0.1) is 6.61 Å². The van der Waals surface area contributed by atoms with E-state index in [2.05, 4.69) is 11.9 Å². The molecule has 0 saturated heterocycles. The molecule has 1 aromatic carbocycles. The largest absolute Gasteiger partial charge is 0.478 e. The van der Waals surface area contributed by atoms with Crippen LogP contribution in [0.1, 0.15) is 58.9 Å². The summed E-state index contributed by atoms with van der Waals surface area (Å²) in [6.07, 6.45) is 4.33. The van der Waals surface area contributed by atoms with Crippen molar-refractivity contribution in [3.8, 4) is 11.1 Å². The molecule has 28 heavy (non-hydrogen) atoms. The van der Waals surface area contributed by atoms with Crippen LogP contribution in [0.4, 0.5) is 5.82 Å². The molecule has 0 aliphatic rings. The molecule has 0 spiro atoms. The zero-order valence-corrected chi connectivity index (χ0v) is 15.7. The fraction of sp³-hybridized carbons (Fsp3) is 0.350. The van der Waals surface area contributed by atoms with Crippen molar-refractivity contribution in [2.24, 2.45) is 0 Å². The Labute approximate surface area is 162 Å². The summed E-state index contributed by atoms with van der Waals surface area (Å²) in [6.45, 7) is 3.02. The Kier molecular flexibility index (Phi) is 7.34. The lowest BCUT2D eigenvalue weighted by Gasteiger charge is -2.13. The molecule has 0 fully saturated rings. The molecule has 0 saturated carbocycles. The van der Waals surface area contributed by atoms with E-state index in [0.717, 1.165) is 31.2 Å². The molecule has 5 N–H and O–H groups in total. The van der Waals surface area contributed by atoms with Crippen LogP contribution in [0, 0.1) is 0 Å². The summed E-state index contributed by atoms with van der Waals surface area (Å²) in [4.78, 5) is 37.5. The van der Waals surface area contributed by atoms with Crippen molar-refractivity contribution in [1.82, 2.24) is 4.98 Å². The molecule has 0 aliphatic heterocycles. The van der Waals surface area contributed by atoms with Crippen molar-refractivity contribution < 1.29 is 24.5 Å². The minimum Gasteiger partial charge on any atom is -0.478 e. The maximum absolute atomic E-state index is 12.1. The minimum absolute atomic E-state index is 0.217. The van der Waals surface area contributed by atoms with Gasteiger partial charge in [0, 0.05) is 12.2 Å². The molecule has 8 heteroatoms.